The third kappa shape index (κ3) is 1.21. The molecule has 0 unspecified atom stereocenters. The van der Waals surface area contributed by atoms with Crippen molar-refractivity contribution in [3.05, 3.63) is 47.1 Å². The maximum atomic E-state index is 2.36. The highest BCUT2D eigenvalue weighted by Crippen LogP contribution is 2.39. The normalized spacial score (nSPS) is 12.5. The van der Waals surface area contributed by atoms with Crippen LogP contribution in [0.4, 0.5) is 0 Å². The monoisotopic (exact) mass is 291 g/mol. The van der Waals surface area contributed by atoms with Gasteiger partial charge in [-0.3, -0.25) is 0 Å². The lowest BCUT2D eigenvalue weighted by molar-refractivity contribution is -0.643. The minimum absolute atomic E-state index is 1.33. The molecular weight excluding hydrogens is 276 g/mol. The van der Waals surface area contributed by atoms with Crippen molar-refractivity contribution in [3.63, 3.8) is 0 Å². The van der Waals surface area contributed by atoms with Gasteiger partial charge in [-0.25, -0.2) is 4.57 Å². The van der Waals surface area contributed by atoms with Gasteiger partial charge >= 0.3 is 0 Å². The zero-order valence-corrected chi connectivity index (χ0v) is 13.1. The van der Waals surface area contributed by atoms with Crippen molar-refractivity contribution in [1.82, 2.24) is 4.40 Å². The van der Waals surface area contributed by atoms with E-state index in [-0.39, 0.29) is 0 Å². The van der Waals surface area contributed by atoms with E-state index in [0.717, 1.165) is 0 Å². The third-order valence-electron chi connectivity index (χ3n) is 4.83. The van der Waals surface area contributed by atoms with E-state index >= 15 is 0 Å². The van der Waals surface area contributed by atoms with Crippen molar-refractivity contribution in [2.75, 3.05) is 0 Å². The zero-order valence-electron chi connectivity index (χ0n) is 12.3. The summed E-state index contributed by atoms with van der Waals surface area (Å²) < 4.78 is 6.01. The van der Waals surface area contributed by atoms with Crippen LogP contribution in [0.2, 0.25) is 0 Å². The van der Waals surface area contributed by atoms with Gasteiger partial charge in [-0.15, -0.1) is 11.3 Å². The number of nitrogens with zero attached hydrogens (tertiary/aromatic N) is 2. The van der Waals surface area contributed by atoms with Crippen LogP contribution in [0.3, 0.4) is 0 Å². The smallest absolute Gasteiger partial charge is 0.225 e. The van der Waals surface area contributed by atoms with Crippen molar-refractivity contribution in [3.8, 4) is 0 Å². The highest BCUT2D eigenvalue weighted by Gasteiger charge is 2.22. The van der Waals surface area contributed by atoms with E-state index in [1.807, 2.05) is 11.3 Å². The number of rotatable bonds is 0. The van der Waals surface area contributed by atoms with Crippen LogP contribution in [0.25, 0.3) is 37.4 Å². The third-order valence-corrected chi connectivity index (χ3v) is 5.76. The van der Waals surface area contributed by atoms with E-state index in [1.165, 1.54) is 48.5 Å². The fraction of sp³-hybridized carbons (Fsp3) is 0.167. The van der Waals surface area contributed by atoms with Crippen LogP contribution in [-0.2, 0) is 7.05 Å². The summed E-state index contributed by atoms with van der Waals surface area (Å²) in [6.45, 7) is 4.46. The molecule has 0 aliphatic carbocycles. The summed E-state index contributed by atoms with van der Waals surface area (Å²) in [5.41, 5.74) is 6.80. The number of hydrogen-bond donors (Lipinski definition) is 0. The summed E-state index contributed by atoms with van der Waals surface area (Å²) in [5, 5.41) is 6.41. The van der Waals surface area contributed by atoms with E-state index in [2.05, 4.69) is 65.8 Å². The Balaban J connectivity index is 2.34. The van der Waals surface area contributed by atoms with Gasteiger partial charge in [-0.2, -0.15) is 0 Å². The van der Waals surface area contributed by atoms with Crippen LogP contribution in [0.5, 0.6) is 0 Å². The minimum atomic E-state index is 1.33. The Hall–Kier alpha value is -2.13. The number of benzene rings is 1. The van der Waals surface area contributed by atoms with Crippen LogP contribution in [0.15, 0.2) is 36.0 Å². The first-order valence-corrected chi connectivity index (χ1v) is 8.06. The lowest BCUT2D eigenvalue weighted by Crippen LogP contribution is -2.28. The molecule has 0 spiro atoms. The molecular formula is C18H15N2S+. The molecule has 0 aliphatic heterocycles. The summed E-state index contributed by atoms with van der Waals surface area (Å²) in [5.74, 6) is 0. The highest BCUT2D eigenvalue weighted by molar-refractivity contribution is 7.18. The number of pyridine rings is 2. The van der Waals surface area contributed by atoms with Crippen molar-refractivity contribution in [2.24, 2.45) is 7.05 Å². The molecule has 4 aromatic heterocycles. The maximum Gasteiger partial charge on any atom is 0.225 e. The van der Waals surface area contributed by atoms with Crippen LogP contribution >= 0.6 is 11.3 Å². The van der Waals surface area contributed by atoms with Gasteiger partial charge in [-0.05, 0) is 37.1 Å². The van der Waals surface area contributed by atoms with Crippen molar-refractivity contribution < 1.29 is 4.57 Å². The molecule has 5 rings (SSSR count). The molecule has 5 aromatic rings. The molecule has 0 fully saturated rings. The van der Waals surface area contributed by atoms with Crippen LogP contribution in [0.1, 0.15) is 11.1 Å². The van der Waals surface area contributed by atoms with Gasteiger partial charge in [0, 0.05) is 27.7 Å². The minimum Gasteiger partial charge on any atom is -0.314 e. The molecule has 0 atom stereocenters. The summed E-state index contributed by atoms with van der Waals surface area (Å²) in [6.07, 6.45) is 4.40. The average Bonchev–Trinajstić information content (AvgIpc) is 3.06. The van der Waals surface area contributed by atoms with Crippen molar-refractivity contribution >= 4 is 48.7 Å². The predicted molar refractivity (Wildman–Crippen MR) is 89.6 cm³/mol. The molecule has 0 aliphatic rings. The molecule has 3 heteroatoms. The number of thiophene rings is 1. The Morgan fingerprint density at radius 3 is 2.86 bits per heavy atom. The number of hydrogen-bond acceptors (Lipinski definition) is 1. The molecule has 0 radical (unpaired) electrons. The molecule has 102 valence electrons. The van der Waals surface area contributed by atoms with Crippen molar-refractivity contribution in [1.29, 1.82) is 0 Å². The number of aromatic nitrogens is 2. The Morgan fingerprint density at radius 1 is 1.14 bits per heavy atom. The van der Waals surface area contributed by atoms with Gasteiger partial charge in [0.05, 0.1) is 21.8 Å². The van der Waals surface area contributed by atoms with Gasteiger partial charge in [0.25, 0.3) is 0 Å². The van der Waals surface area contributed by atoms with E-state index in [1.54, 1.807) is 0 Å². The first-order valence-electron chi connectivity index (χ1n) is 7.18. The SMILES string of the molecule is Cc1cc2ccn3c4csc5cc[n+](C)c(c(c1C)c23)c54. The Morgan fingerprint density at radius 2 is 2.00 bits per heavy atom. The van der Waals surface area contributed by atoms with Crippen molar-refractivity contribution in [2.45, 2.75) is 13.8 Å². The fourth-order valence-electron chi connectivity index (χ4n) is 3.67. The lowest BCUT2D eigenvalue weighted by atomic mass is 9.99. The molecule has 0 bridgehead atoms. The average molecular weight is 291 g/mol. The Labute approximate surface area is 126 Å². The number of aryl methyl sites for hydroxylation is 3. The van der Waals surface area contributed by atoms with Gasteiger partial charge in [0.1, 0.15) is 7.05 Å². The molecule has 1 aromatic carbocycles. The Kier molecular flexibility index (Phi) is 1.95. The Bertz CT molecular complexity index is 1160. The standard InChI is InChI=1S/C18H15N2S/c1-10-8-12-4-7-20-13-9-21-14-5-6-19(3)18(16(13)14)15(11(10)2)17(12)20/h4-9H,1-3H3/q+1. The summed E-state index contributed by atoms with van der Waals surface area (Å²) >= 11 is 1.84. The highest BCUT2D eigenvalue weighted by atomic mass is 32.1. The first-order chi connectivity index (χ1) is 10.2. The molecule has 4 heterocycles. The van der Waals surface area contributed by atoms with E-state index in [0.29, 0.717) is 0 Å². The van der Waals surface area contributed by atoms with Crippen LogP contribution in [-0.4, -0.2) is 4.40 Å². The summed E-state index contributed by atoms with van der Waals surface area (Å²) in [4.78, 5) is 0. The second-order valence-corrected chi connectivity index (χ2v) is 6.86. The largest absolute Gasteiger partial charge is 0.314 e. The number of fused-ring (bicyclic) bond motifs is 2. The zero-order chi connectivity index (χ0) is 14.3. The molecule has 2 nitrogen and oxygen atoms in total. The van der Waals surface area contributed by atoms with E-state index in [9.17, 15) is 0 Å². The molecule has 21 heavy (non-hydrogen) atoms. The summed E-state index contributed by atoms with van der Waals surface area (Å²) in [7, 11) is 2.16. The lowest BCUT2D eigenvalue weighted by Gasteiger charge is -2.10. The van der Waals surface area contributed by atoms with Gasteiger partial charge in [-0.1, -0.05) is 0 Å². The summed E-state index contributed by atoms with van der Waals surface area (Å²) in [6, 6.07) is 6.77. The molecule has 0 saturated carbocycles. The van der Waals surface area contributed by atoms with Gasteiger partial charge in [0.2, 0.25) is 5.52 Å². The van der Waals surface area contributed by atoms with Gasteiger partial charge < -0.3 is 4.40 Å². The second kappa shape index (κ2) is 3.55. The molecule has 0 saturated heterocycles. The van der Waals surface area contributed by atoms with E-state index in [4.69, 9.17) is 0 Å². The quantitative estimate of drug-likeness (QED) is 0.296. The van der Waals surface area contributed by atoms with Gasteiger partial charge in [0.15, 0.2) is 6.20 Å². The molecule has 0 N–H and O–H groups in total. The van der Waals surface area contributed by atoms with Crippen LogP contribution < -0.4 is 4.57 Å². The van der Waals surface area contributed by atoms with E-state index < -0.39 is 0 Å². The first kappa shape index (κ1) is 11.5. The van der Waals surface area contributed by atoms with Crippen LogP contribution in [0, 0.1) is 13.8 Å². The molecule has 0 amide bonds. The topological polar surface area (TPSA) is 8.29 Å². The predicted octanol–water partition coefficient (Wildman–Crippen LogP) is 4.34. The second-order valence-electron chi connectivity index (χ2n) is 5.95. The maximum absolute atomic E-state index is 2.36. The fourth-order valence-corrected chi connectivity index (χ4v) is 4.60.